The van der Waals surface area contributed by atoms with Gasteiger partial charge >= 0.3 is 0 Å². The number of hydrogen-bond donors (Lipinski definition) is 1. The van der Waals surface area contributed by atoms with Crippen LogP contribution in [0.2, 0.25) is 0 Å². The van der Waals surface area contributed by atoms with E-state index < -0.39 is 10.0 Å². The van der Waals surface area contributed by atoms with E-state index >= 15 is 0 Å². The highest BCUT2D eigenvalue weighted by Gasteiger charge is 2.17. The Morgan fingerprint density at radius 1 is 0.793 bits per heavy atom. The van der Waals surface area contributed by atoms with E-state index in [-0.39, 0.29) is 11.7 Å². The zero-order chi connectivity index (χ0) is 20.7. The molecular formula is C23H24N2O3S. The van der Waals surface area contributed by atoms with Crippen LogP contribution in [0.5, 0.6) is 0 Å². The Morgan fingerprint density at radius 2 is 1.28 bits per heavy atom. The first-order chi connectivity index (χ1) is 14.0. The van der Waals surface area contributed by atoms with Crippen LogP contribution in [-0.2, 0) is 23.1 Å². The molecule has 0 fully saturated rings. The highest BCUT2D eigenvalue weighted by atomic mass is 32.2. The number of rotatable bonds is 8. The van der Waals surface area contributed by atoms with Crippen LogP contribution in [0.4, 0.5) is 5.69 Å². The number of carbonyl (C=O) groups is 1. The van der Waals surface area contributed by atoms with E-state index in [1.54, 1.807) is 36.1 Å². The Morgan fingerprint density at radius 3 is 1.72 bits per heavy atom. The number of hydrogen-bond acceptors (Lipinski definition) is 3. The predicted molar refractivity (Wildman–Crippen MR) is 116 cm³/mol. The van der Waals surface area contributed by atoms with Crippen LogP contribution in [-0.4, -0.2) is 25.0 Å². The van der Waals surface area contributed by atoms with Crippen molar-refractivity contribution in [3.8, 4) is 0 Å². The van der Waals surface area contributed by atoms with Crippen LogP contribution >= 0.6 is 0 Å². The molecular weight excluding hydrogens is 384 g/mol. The first kappa shape index (κ1) is 20.6. The molecule has 0 aliphatic rings. The number of nitrogens with zero attached hydrogens (tertiary/aromatic N) is 1. The summed E-state index contributed by atoms with van der Waals surface area (Å²) in [4.78, 5) is 15.0. The first-order valence-electron chi connectivity index (χ1n) is 9.44. The summed E-state index contributed by atoms with van der Waals surface area (Å²) in [5, 5.41) is 0. The number of nitrogens with one attached hydrogen (secondary N) is 1. The maximum atomic E-state index is 13.2. The molecule has 1 N–H and O–H groups in total. The summed E-state index contributed by atoms with van der Waals surface area (Å²) in [6.07, 6.45) is 0. The number of anilines is 1. The minimum Gasteiger partial charge on any atom is -0.330 e. The third-order valence-corrected chi connectivity index (χ3v) is 5.81. The second-order valence-electron chi connectivity index (χ2n) is 6.72. The summed E-state index contributed by atoms with van der Waals surface area (Å²) in [7, 11) is -3.35. The van der Waals surface area contributed by atoms with Gasteiger partial charge in [0.25, 0.3) is 5.91 Å². The van der Waals surface area contributed by atoms with Gasteiger partial charge in [-0.05, 0) is 42.3 Å². The van der Waals surface area contributed by atoms with Crippen molar-refractivity contribution in [1.29, 1.82) is 0 Å². The lowest BCUT2D eigenvalue weighted by Crippen LogP contribution is -2.30. The summed E-state index contributed by atoms with van der Waals surface area (Å²) in [6.45, 7) is 2.54. The van der Waals surface area contributed by atoms with E-state index in [9.17, 15) is 13.2 Å². The maximum absolute atomic E-state index is 13.2. The maximum Gasteiger partial charge on any atom is 0.254 e. The average molecular weight is 409 g/mol. The van der Waals surface area contributed by atoms with Crippen LogP contribution in [0.25, 0.3) is 0 Å². The quantitative estimate of drug-likeness (QED) is 0.605. The van der Waals surface area contributed by atoms with E-state index in [1.807, 2.05) is 60.7 Å². The van der Waals surface area contributed by atoms with Gasteiger partial charge in [0.1, 0.15) is 0 Å². The topological polar surface area (TPSA) is 66.5 Å². The molecule has 0 aliphatic heterocycles. The molecule has 0 spiro atoms. The van der Waals surface area contributed by atoms with Gasteiger partial charge < -0.3 is 4.90 Å². The number of benzene rings is 3. The Hall–Kier alpha value is -3.12. The number of carbonyl (C=O) groups excluding carboxylic acids is 1. The van der Waals surface area contributed by atoms with Gasteiger partial charge in [-0.1, -0.05) is 60.7 Å². The highest BCUT2D eigenvalue weighted by molar-refractivity contribution is 7.92. The minimum absolute atomic E-state index is 0.00435. The van der Waals surface area contributed by atoms with E-state index in [1.165, 1.54) is 0 Å². The Balaban J connectivity index is 1.81. The standard InChI is InChI=1S/C23H24N2O3S/c1-2-29(27,28)24-22-15-13-21(14-16-22)23(26)25(17-19-9-5-3-6-10-19)18-20-11-7-4-8-12-20/h3-16,24H,2,17-18H2,1H3. The number of sulfonamides is 1. The molecule has 0 aromatic heterocycles. The SMILES string of the molecule is CCS(=O)(=O)Nc1ccc(C(=O)N(Cc2ccccc2)Cc2ccccc2)cc1. The van der Waals surface area contributed by atoms with E-state index in [0.29, 0.717) is 24.3 Å². The van der Waals surface area contributed by atoms with Crippen molar-refractivity contribution in [3.63, 3.8) is 0 Å². The predicted octanol–water partition coefficient (Wildman–Crippen LogP) is 4.29. The third kappa shape index (κ3) is 5.93. The summed E-state index contributed by atoms with van der Waals surface area (Å²) in [6, 6.07) is 26.2. The molecule has 0 bridgehead atoms. The summed E-state index contributed by atoms with van der Waals surface area (Å²) >= 11 is 0. The first-order valence-corrected chi connectivity index (χ1v) is 11.1. The smallest absolute Gasteiger partial charge is 0.254 e. The van der Waals surface area contributed by atoms with Crippen molar-refractivity contribution in [2.24, 2.45) is 0 Å². The van der Waals surface area contributed by atoms with Crippen LogP contribution < -0.4 is 4.72 Å². The van der Waals surface area contributed by atoms with Crippen molar-refractivity contribution in [2.45, 2.75) is 20.0 Å². The molecule has 3 aromatic rings. The molecule has 3 rings (SSSR count). The molecule has 0 unspecified atom stereocenters. The van der Waals surface area contributed by atoms with E-state index in [4.69, 9.17) is 0 Å². The molecule has 3 aromatic carbocycles. The van der Waals surface area contributed by atoms with Crippen molar-refractivity contribution < 1.29 is 13.2 Å². The van der Waals surface area contributed by atoms with E-state index in [2.05, 4.69) is 4.72 Å². The van der Waals surface area contributed by atoms with Gasteiger partial charge in [0.15, 0.2) is 0 Å². The van der Waals surface area contributed by atoms with Crippen molar-refractivity contribution in [1.82, 2.24) is 4.90 Å². The minimum atomic E-state index is -3.35. The van der Waals surface area contributed by atoms with Gasteiger partial charge in [0.2, 0.25) is 10.0 Å². The molecule has 0 radical (unpaired) electrons. The molecule has 29 heavy (non-hydrogen) atoms. The fraction of sp³-hybridized carbons (Fsp3) is 0.174. The molecule has 0 atom stereocenters. The molecule has 150 valence electrons. The molecule has 6 heteroatoms. The fourth-order valence-corrected chi connectivity index (χ4v) is 3.56. The van der Waals surface area contributed by atoms with Gasteiger partial charge in [-0.2, -0.15) is 0 Å². The monoisotopic (exact) mass is 408 g/mol. The van der Waals surface area contributed by atoms with Crippen molar-refractivity contribution in [2.75, 3.05) is 10.5 Å². The van der Waals surface area contributed by atoms with Crippen LogP contribution in [0, 0.1) is 0 Å². The Bertz CT molecular complexity index is 993. The van der Waals surface area contributed by atoms with Crippen LogP contribution in [0.3, 0.4) is 0 Å². The van der Waals surface area contributed by atoms with Gasteiger partial charge in [0, 0.05) is 24.3 Å². The lowest BCUT2D eigenvalue weighted by atomic mass is 10.1. The largest absolute Gasteiger partial charge is 0.330 e. The fourth-order valence-electron chi connectivity index (χ4n) is 2.92. The lowest BCUT2D eigenvalue weighted by Gasteiger charge is -2.23. The summed E-state index contributed by atoms with van der Waals surface area (Å²) in [5.74, 6) is -0.113. The molecule has 0 aliphatic carbocycles. The average Bonchev–Trinajstić information content (AvgIpc) is 2.74. The van der Waals surface area contributed by atoms with Crippen molar-refractivity contribution in [3.05, 3.63) is 102 Å². The Labute approximate surface area is 172 Å². The second kappa shape index (κ2) is 9.39. The van der Waals surface area contributed by atoms with Crippen molar-refractivity contribution >= 4 is 21.6 Å². The zero-order valence-corrected chi connectivity index (χ0v) is 17.1. The van der Waals surface area contributed by atoms with E-state index in [0.717, 1.165) is 11.1 Å². The Kier molecular flexibility index (Phi) is 6.67. The van der Waals surface area contributed by atoms with Gasteiger partial charge in [-0.15, -0.1) is 0 Å². The normalized spacial score (nSPS) is 11.1. The molecule has 5 nitrogen and oxygen atoms in total. The third-order valence-electron chi connectivity index (χ3n) is 4.50. The zero-order valence-electron chi connectivity index (χ0n) is 16.3. The molecule has 1 amide bonds. The second-order valence-corrected chi connectivity index (χ2v) is 8.73. The van der Waals surface area contributed by atoms with Gasteiger partial charge in [0.05, 0.1) is 5.75 Å². The molecule has 0 saturated heterocycles. The molecule has 0 heterocycles. The summed E-state index contributed by atoms with van der Waals surface area (Å²) < 4.78 is 25.9. The lowest BCUT2D eigenvalue weighted by molar-refractivity contribution is 0.0730. The van der Waals surface area contributed by atoms with Gasteiger partial charge in [-0.25, -0.2) is 8.42 Å². The van der Waals surface area contributed by atoms with Crippen LogP contribution in [0.15, 0.2) is 84.9 Å². The van der Waals surface area contributed by atoms with Crippen LogP contribution in [0.1, 0.15) is 28.4 Å². The number of amides is 1. The molecule has 0 saturated carbocycles. The summed E-state index contributed by atoms with van der Waals surface area (Å²) in [5.41, 5.74) is 3.05. The van der Waals surface area contributed by atoms with Gasteiger partial charge in [-0.3, -0.25) is 9.52 Å². The highest BCUT2D eigenvalue weighted by Crippen LogP contribution is 2.17.